The minimum absolute atomic E-state index is 0.236. The Morgan fingerprint density at radius 1 is 1.30 bits per heavy atom. The third-order valence-electron chi connectivity index (χ3n) is 1.41. The van der Waals surface area contributed by atoms with E-state index in [1.165, 1.54) is 0 Å². The Kier molecular flexibility index (Phi) is 3.11. The molecule has 0 aliphatic heterocycles. The van der Waals surface area contributed by atoms with Crippen LogP contribution in [-0.4, -0.2) is 50.0 Å². The molecule has 0 aromatic heterocycles. The Morgan fingerprint density at radius 2 is 1.80 bits per heavy atom. The van der Waals surface area contributed by atoms with Gasteiger partial charge in [-0.1, -0.05) is 0 Å². The molecule has 0 saturated carbocycles. The van der Waals surface area contributed by atoms with Crippen molar-refractivity contribution in [1.29, 1.82) is 0 Å². The highest BCUT2D eigenvalue weighted by Crippen LogP contribution is 1.91. The minimum Gasteiger partial charge on any atom is -0.308 e. The second kappa shape index (κ2) is 4.69. The van der Waals surface area contributed by atoms with Gasteiger partial charge >= 0.3 is 0 Å². The largest absolute Gasteiger partial charge is 0.308 e. The third kappa shape index (κ3) is 4.77. The molecule has 0 N–H and O–H groups in total. The predicted octanol–water partition coefficient (Wildman–Crippen LogP) is 0.888. The maximum atomic E-state index is 7.74. The van der Waals surface area contributed by atoms with E-state index in [1.807, 2.05) is 39.9 Å². The molecule has 62 valence electrons. The van der Waals surface area contributed by atoms with Crippen LogP contribution in [0.15, 0.2) is 0 Å². The molecule has 0 amide bonds. The molecule has 0 heterocycles. The van der Waals surface area contributed by atoms with Crippen LogP contribution >= 0.6 is 0 Å². The van der Waals surface area contributed by atoms with Gasteiger partial charge in [0.2, 0.25) is 0 Å². The normalized spacial score (nSPS) is 16.4. The summed E-state index contributed by atoms with van der Waals surface area (Å²) in [5.41, 5.74) is 0. The summed E-state index contributed by atoms with van der Waals surface area (Å²) in [5, 5.41) is 0. The zero-order valence-electron chi connectivity index (χ0n) is 9.68. The predicted molar refractivity (Wildman–Crippen MR) is 46.3 cm³/mol. The van der Waals surface area contributed by atoms with Crippen LogP contribution in [-0.2, 0) is 0 Å². The van der Waals surface area contributed by atoms with Crippen molar-refractivity contribution in [1.82, 2.24) is 9.80 Å². The number of hydrogen-bond acceptors (Lipinski definition) is 2. The molecule has 0 saturated heterocycles. The number of nitrogens with zero attached hydrogens (tertiary/aromatic N) is 2. The first-order valence-corrected chi connectivity index (χ1v) is 3.65. The SMILES string of the molecule is [2H]C([2H])(CN(C)C)N(C)C(C)C. The standard InChI is InChI=1S/C8H20N2/c1-8(2)10(5)7-6-9(3)4/h8H,6-7H2,1-5H3/i7D2. The van der Waals surface area contributed by atoms with Gasteiger partial charge in [0.25, 0.3) is 0 Å². The Balaban J connectivity index is 4.18. The van der Waals surface area contributed by atoms with Gasteiger partial charge in [0.05, 0.1) is 0 Å². The fourth-order valence-electron chi connectivity index (χ4n) is 0.436. The number of rotatable bonds is 4. The fourth-order valence-corrected chi connectivity index (χ4v) is 0.436. The van der Waals surface area contributed by atoms with E-state index in [0.29, 0.717) is 6.54 Å². The molecular formula is C8H20N2. The maximum absolute atomic E-state index is 7.74. The number of hydrogen-bond donors (Lipinski definition) is 0. The summed E-state index contributed by atoms with van der Waals surface area (Å²) in [6.45, 7) is 3.18. The second-order valence-electron chi connectivity index (χ2n) is 3.10. The average Bonchev–Trinajstić information content (AvgIpc) is 1.82. The molecule has 2 nitrogen and oxygen atoms in total. The summed E-state index contributed by atoms with van der Waals surface area (Å²) < 4.78 is 15.5. The molecule has 0 aromatic rings. The van der Waals surface area contributed by atoms with E-state index in [-0.39, 0.29) is 6.04 Å². The summed E-state index contributed by atoms with van der Waals surface area (Å²) in [6.07, 6.45) is 0. The first kappa shape index (κ1) is 6.62. The summed E-state index contributed by atoms with van der Waals surface area (Å²) in [6, 6.07) is 0.236. The smallest absolute Gasteiger partial charge is 0.0444 e. The van der Waals surface area contributed by atoms with Crippen molar-refractivity contribution in [2.24, 2.45) is 0 Å². The molecule has 0 atom stereocenters. The minimum atomic E-state index is -1.24. The molecular weight excluding hydrogens is 124 g/mol. The lowest BCUT2D eigenvalue weighted by molar-refractivity contribution is 0.241. The van der Waals surface area contributed by atoms with Crippen LogP contribution in [0.2, 0.25) is 0 Å². The van der Waals surface area contributed by atoms with Crippen LogP contribution in [0.3, 0.4) is 0 Å². The average molecular weight is 146 g/mol. The van der Waals surface area contributed by atoms with Gasteiger partial charge in [0.15, 0.2) is 0 Å². The molecule has 0 unspecified atom stereocenters. The zero-order valence-corrected chi connectivity index (χ0v) is 7.68. The molecule has 0 aliphatic carbocycles. The van der Waals surface area contributed by atoms with Gasteiger partial charge in [-0.15, -0.1) is 0 Å². The molecule has 0 rings (SSSR count). The van der Waals surface area contributed by atoms with E-state index in [1.54, 1.807) is 4.90 Å². The zero-order chi connectivity index (χ0) is 9.94. The Hall–Kier alpha value is -0.0800. The highest BCUT2D eigenvalue weighted by Gasteiger charge is 2.01. The summed E-state index contributed by atoms with van der Waals surface area (Å²) in [5.74, 6) is 0. The van der Waals surface area contributed by atoms with E-state index >= 15 is 0 Å². The van der Waals surface area contributed by atoms with Crippen LogP contribution in [0.1, 0.15) is 16.6 Å². The van der Waals surface area contributed by atoms with E-state index in [0.717, 1.165) is 0 Å². The molecule has 0 fully saturated rings. The van der Waals surface area contributed by atoms with Crippen LogP contribution < -0.4 is 0 Å². The van der Waals surface area contributed by atoms with Gasteiger partial charge in [-0.2, -0.15) is 0 Å². The van der Waals surface area contributed by atoms with E-state index in [2.05, 4.69) is 0 Å². The topological polar surface area (TPSA) is 6.48 Å². The quantitative estimate of drug-likeness (QED) is 0.581. The van der Waals surface area contributed by atoms with E-state index < -0.39 is 6.50 Å². The lowest BCUT2D eigenvalue weighted by atomic mass is 10.3. The molecule has 2 heteroatoms. The first-order chi connectivity index (χ1) is 5.27. The van der Waals surface area contributed by atoms with Crippen molar-refractivity contribution < 1.29 is 2.74 Å². The molecule has 0 radical (unpaired) electrons. The van der Waals surface area contributed by atoms with Crippen molar-refractivity contribution in [3.8, 4) is 0 Å². The van der Waals surface area contributed by atoms with Gasteiger partial charge in [-0.05, 0) is 35.0 Å². The summed E-state index contributed by atoms with van der Waals surface area (Å²) in [7, 11) is 5.58. The van der Waals surface area contributed by atoms with Crippen LogP contribution in [0.25, 0.3) is 0 Å². The van der Waals surface area contributed by atoms with E-state index in [9.17, 15) is 0 Å². The lowest BCUT2D eigenvalue weighted by Gasteiger charge is -2.22. The molecule has 0 aromatic carbocycles. The van der Waals surface area contributed by atoms with Gasteiger partial charge < -0.3 is 9.80 Å². The highest BCUT2D eigenvalue weighted by atomic mass is 15.2. The molecule has 0 spiro atoms. The van der Waals surface area contributed by atoms with Gasteiger partial charge in [-0.3, -0.25) is 0 Å². The van der Waals surface area contributed by atoms with Gasteiger partial charge in [-0.25, -0.2) is 0 Å². The molecule has 10 heavy (non-hydrogen) atoms. The van der Waals surface area contributed by atoms with E-state index in [4.69, 9.17) is 2.74 Å². The van der Waals surface area contributed by atoms with Crippen molar-refractivity contribution in [2.45, 2.75) is 19.9 Å². The maximum Gasteiger partial charge on any atom is 0.0444 e. The highest BCUT2D eigenvalue weighted by molar-refractivity contribution is 4.57. The van der Waals surface area contributed by atoms with Crippen molar-refractivity contribution in [3.05, 3.63) is 0 Å². The van der Waals surface area contributed by atoms with Crippen molar-refractivity contribution >= 4 is 0 Å². The van der Waals surface area contributed by atoms with Gasteiger partial charge in [0.1, 0.15) is 0 Å². The summed E-state index contributed by atoms with van der Waals surface area (Å²) >= 11 is 0. The Bertz CT molecular complexity index is 135. The Morgan fingerprint density at radius 3 is 2.10 bits per heavy atom. The lowest BCUT2D eigenvalue weighted by Crippen LogP contribution is -2.33. The van der Waals surface area contributed by atoms with Gasteiger partial charge in [0, 0.05) is 21.8 Å². The first-order valence-electron chi connectivity index (χ1n) is 4.65. The monoisotopic (exact) mass is 146 g/mol. The van der Waals surface area contributed by atoms with Crippen LogP contribution in [0, 0.1) is 0 Å². The van der Waals surface area contributed by atoms with Crippen molar-refractivity contribution in [2.75, 3.05) is 34.2 Å². The van der Waals surface area contributed by atoms with Crippen LogP contribution in [0.4, 0.5) is 0 Å². The fraction of sp³-hybridized carbons (Fsp3) is 1.00. The molecule has 0 bridgehead atoms. The third-order valence-corrected chi connectivity index (χ3v) is 1.41. The Labute approximate surface area is 67.6 Å². The number of likely N-dealkylation sites (N-methyl/N-ethyl adjacent to an activating group) is 2. The molecule has 0 aliphatic rings. The van der Waals surface area contributed by atoms with Crippen LogP contribution in [0.5, 0.6) is 0 Å². The van der Waals surface area contributed by atoms with Crippen molar-refractivity contribution in [3.63, 3.8) is 0 Å². The second-order valence-corrected chi connectivity index (χ2v) is 3.10. The summed E-state index contributed by atoms with van der Waals surface area (Å²) in [4.78, 5) is 3.60.